The second kappa shape index (κ2) is 5.95. The van der Waals surface area contributed by atoms with Gasteiger partial charge < -0.3 is 4.90 Å². The van der Waals surface area contributed by atoms with Crippen molar-refractivity contribution >= 4 is 5.91 Å². The van der Waals surface area contributed by atoms with E-state index in [1.807, 2.05) is 6.08 Å². The quantitative estimate of drug-likeness (QED) is 0.821. The average Bonchev–Trinajstić information content (AvgIpc) is 2.43. The molecule has 1 amide bonds. The molecule has 1 aromatic rings. The zero-order valence-electron chi connectivity index (χ0n) is 10.9. The maximum absolute atomic E-state index is 13.5. The van der Waals surface area contributed by atoms with E-state index in [-0.39, 0.29) is 17.9 Å². The molecule has 0 radical (unpaired) electrons. The molecule has 0 fully saturated rings. The van der Waals surface area contributed by atoms with Gasteiger partial charge in [-0.1, -0.05) is 19.1 Å². The minimum atomic E-state index is -0.666. The molecule has 2 nitrogen and oxygen atoms in total. The highest BCUT2D eigenvalue weighted by molar-refractivity contribution is 5.80. The van der Waals surface area contributed by atoms with E-state index in [9.17, 15) is 13.6 Å². The summed E-state index contributed by atoms with van der Waals surface area (Å²) in [6, 6.07) is 3.64. The Balaban J connectivity index is 2.06. The number of hydrogen-bond donors (Lipinski definition) is 0. The molecule has 4 heteroatoms. The highest BCUT2D eigenvalue weighted by Gasteiger charge is 2.20. The second-order valence-electron chi connectivity index (χ2n) is 4.76. The molecule has 0 aliphatic carbocycles. The Labute approximate surface area is 111 Å². The first-order valence-corrected chi connectivity index (χ1v) is 6.52. The van der Waals surface area contributed by atoms with Gasteiger partial charge in [-0.05, 0) is 30.9 Å². The molecule has 0 bridgehead atoms. The fraction of sp³-hybridized carbons (Fsp3) is 0.400. The Bertz CT molecular complexity index is 479. The summed E-state index contributed by atoms with van der Waals surface area (Å²) in [5, 5.41) is 0. The minimum Gasteiger partial charge on any atom is -0.319 e. The van der Waals surface area contributed by atoms with Gasteiger partial charge in [-0.3, -0.25) is 4.79 Å². The molecule has 1 aliphatic rings. The lowest BCUT2D eigenvalue weighted by molar-refractivity contribution is -0.128. The summed E-state index contributed by atoms with van der Waals surface area (Å²) in [5.74, 6) is -1.11. The van der Waals surface area contributed by atoms with E-state index in [0.29, 0.717) is 12.5 Å². The van der Waals surface area contributed by atoms with Crippen LogP contribution in [0.2, 0.25) is 0 Å². The van der Waals surface area contributed by atoms with Crippen molar-refractivity contribution in [3.8, 4) is 0 Å². The normalized spacial score (nSPS) is 18.7. The van der Waals surface area contributed by atoms with Crippen LogP contribution >= 0.6 is 0 Å². The lowest BCUT2D eigenvalue weighted by atomic mass is 9.99. The monoisotopic (exact) mass is 265 g/mol. The van der Waals surface area contributed by atoms with Crippen LogP contribution in [0.4, 0.5) is 8.78 Å². The van der Waals surface area contributed by atoms with E-state index < -0.39 is 11.6 Å². The average molecular weight is 265 g/mol. The van der Waals surface area contributed by atoms with Crippen LogP contribution in [-0.4, -0.2) is 17.4 Å². The number of amides is 1. The summed E-state index contributed by atoms with van der Waals surface area (Å²) in [7, 11) is 0. The van der Waals surface area contributed by atoms with E-state index in [2.05, 4.69) is 6.92 Å². The van der Waals surface area contributed by atoms with Crippen LogP contribution in [0.5, 0.6) is 0 Å². The number of benzene rings is 1. The van der Waals surface area contributed by atoms with Gasteiger partial charge in [-0.15, -0.1) is 0 Å². The first kappa shape index (κ1) is 13.7. The van der Waals surface area contributed by atoms with Gasteiger partial charge in [-0.2, -0.15) is 0 Å². The maximum atomic E-state index is 13.5. The van der Waals surface area contributed by atoms with Crippen LogP contribution in [0.1, 0.15) is 25.3 Å². The molecular formula is C15H17F2NO. The third-order valence-electron chi connectivity index (χ3n) is 3.51. The van der Waals surface area contributed by atoms with Gasteiger partial charge in [0.05, 0.1) is 6.42 Å². The number of rotatable bonds is 3. The van der Waals surface area contributed by atoms with E-state index >= 15 is 0 Å². The molecule has 1 unspecified atom stereocenters. The van der Waals surface area contributed by atoms with Crippen molar-refractivity contribution in [2.75, 3.05) is 6.54 Å². The van der Waals surface area contributed by atoms with Crippen molar-refractivity contribution in [1.82, 2.24) is 4.90 Å². The van der Waals surface area contributed by atoms with E-state index in [1.165, 1.54) is 23.1 Å². The predicted molar refractivity (Wildman–Crippen MR) is 69.3 cm³/mol. The van der Waals surface area contributed by atoms with Crippen molar-refractivity contribution in [2.24, 2.45) is 5.92 Å². The molecule has 1 aromatic carbocycles. The summed E-state index contributed by atoms with van der Waals surface area (Å²) in [6.07, 6.45) is 5.43. The zero-order chi connectivity index (χ0) is 13.8. The third kappa shape index (κ3) is 3.19. The van der Waals surface area contributed by atoms with Crippen LogP contribution in [0.25, 0.3) is 0 Å². The lowest BCUT2D eigenvalue weighted by Crippen LogP contribution is -2.32. The number of carbonyl (C=O) groups is 1. The number of hydrogen-bond acceptors (Lipinski definition) is 1. The van der Waals surface area contributed by atoms with Crippen LogP contribution in [0, 0.1) is 17.6 Å². The van der Waals surface area contributed by atoms with Crippen LogP contribution < -0.4 is 0 Å². The molecular weight excluding hydrogens is 248 g/mol. The van der Waals surface area contributed by atoms with Gasteiger partial charge in [0.15, 0.2) is 0 Å². The highest BCUT2D eigenvalue weighted by Crippen LogP contribution is 2.19. The molecule has 0 aromatic heterocycles. The first-order valence-electron chi connectivity index (χ1n) is 6.52. The molecule has 0 spiro atoms. The number of nitrogens with zero attached hydrogens (tertiary/aromatic N) is 1. The number of allylic oxidation sites excluding steroid dienone is 1. The molecule has 0 N–H and O–H groups in total. The smallest absolute Gasteiger partial charge is 0.231 e. The predicted octanol–water partition coefficient (Wildman–Crippen LogP) is 3.28. The van der Waals surface area contributed by atoms with Crippen LogP contribution in [-0.2, 0) is 11.2 Å². The van der Waals surface area contributed by atoms with Crippen molar-refractivity contribution in [3.05, 3.63) is 47.7 Å². The zero-order valence-corrected chi connectivity index (χ0v) is 10.9. The largest absolute Gasteiger partial charge is 0.319 e. The summed E-state index contributed by atoms with van der Waals surface area (Å²) >= 11 is 0. The first-order chi connectivity index (χ1) is 9.11. The van der Waals surface area contributed by atoms with E-state index in [1.54, 1.807) is 6.20 Å². The van der Waals surface area contributed by atoms with Crippen molar-refractivity contribution in [3.63, 3.8) is 0 Å². The highest BCUT2D eigenvalue weighted by atomic mass is 19.1. The fourth-order valence-electron chi connectivity index (χ4n) is 2.20. The van der Waals surface area contributed by atoms with Gasteiger partial charge in [0.2, 0.25) is 5.91 Å². The maximum Gasteiger partial charge on any atom is 0.231 e. The Kier molecular flexibility index (Phi) is 4.30. The topological polar surface area (TPSA) is 20.3 Å². The van der Waals surface area contributed by atoms with Crippen LogP contribution in [0.15, 0.2) is 30.5 Å². The third-order valence-corrected chi connectivity index (χ3v) is 3.51. The van der Waals surface area contributed by atoms with Gasteiger partial charge in [0, 0.05) is 18.3 Å². The van der Waals surface area contributed by atoms with Crippen molar-refractivity contribution in [2.45, 2.75) is 26.2 Å². The summed E-state index contributed by atoms with van der Waals surface area (Å²) in [5.41, 5.74) is -0.154. The molecule has 19 heavy (non-hydrogen) atoms. The molecule has 1 atom stereocenters. The Hall–Kier alpha value is -1.71. The Morgan fingerprint density at radius 1 is 1.37 bits per heavy atom. The van der Waals surface area contributed by atoms with Gasteiger partial charge in [-0.25, -0.2) is 8.78 Å². The van der Waals surface area contributed by atoms with Crippen molar-refractivity contribution in [1.29, 1.82) is 0 Å². The SMILES string of the molecule is CCC1C=CN(C(=O)Cc2c(F)cccc2F)CC1. The number of carbonyl (C=O) groups excluding carboxylic acids is 1. The lowest BCUT2D eigenvalue weighted by Gasteiger charge is -2.25. The van der Waals surface area contributed by atoms with Gasteiger partial charge >= 0.3 is 0 Å². The Morgan fingerprint density at radius 3 is 2.58 bits per heavy atom. The summed E-state index contributed by atoms with van der Waals surface area (Å²) in [6.45, 7) is 2.71. The fourth-order valence-corrected chi connectivity index (χ4v) is 2.20. The molecule has 0 saturated carbocycles. The van der Waals surface area contributed by atoms with E-state index in [4.69, 9.17) is 0 Å². The van der Waals surface area contributed by atoms with Gasteiger partial charge in [0.1, 0.15) is 11.6 Å². The number of halogens is 2. The van der Waals surface area contributed by atoms with Crippen molar-refractivity contribution < 1.29 is 13.6 Å². The standard InChI is InChI=1S/C15H17F2NO/c1-2-11-6-8-18(9-7-11)15(19)10-12-13(16)4-3-5-14(12)17/h3-6,8,11H,2,7,9-10H2,1H3. The molecule has 1 heterocycles. The Morgan fingerprint density at radius 2 is 2.05 bits per heavy atom. The molecule has 102 valence electrons. The summed E-state index contributed by atoms with van der Waals surface area (Å²) < 4.78 is 26.9. The minimum absolute atomic E-state index is 0.154. The second-order valence-corrected chi connectivity index (χ2v) is 4.76. The molecule has 2 rings (SSSR count). The summed E-state index contributed by atoms with van der Waals surface area (Å²) in [4.78, 5) is 13.5. The van der Waals surface area contributed by atoms with Crippen LogP contribution in [0.3, 0.4) is 0 Å². The van der Waals surface area contributed by atoms with Gasteiger partial charge in [0.25, 0.3) is 0 Å². The molecule has 1 aliphatic heterocycles. The van der Waals surface area contributed by atoms with E-state index in [0.717, 1.165) is 12.8 Å². The molecule has 0 saturated heterocycles.